The van der Waals surface area contributed by atoms with Gasteiger partial charge in [0.1, 0.15) is 5.75 Å². The minimum atomic E-state index is -0.663. The molecular weight excluding hydrogens is 418 g/mol. The summed E-state index contributed by atoms with van der Waals surface area (Å²) in [5, 5.41) is 10.4. The second kappa shape index (κ2) is 13.8. The molecule has 0 saturated carbocycles. The van der Waals surface area contributed by atoms with Crippen molar-refractivity contribution < 1.29 is 24.1 Å². The Labute approximate surface area is 197 Å². The maximum absolute atomic E-state index is 12.4. The molecule has 0 unspecified atom stereocenters. The maximum Gasteiger partial charge on any atom is 0.223 e. The maximum atomic E-state index is 12.4. The van der Waals surface area contributed by atoms with Gasteiger partial charge in [0.2, 0.25) is 5.91 Å². The standard InChI is InChI=1S/C27H37NO5/c1-27(18-26(30)28(2)3,21-33-20-22-8-6-5-7-9-22)16-14-24(29)15-17-32-19-23-10-12-25(31-4)13-11-23/h5-14,16,24,29H,15,17-21H2,1-4H3/t24-,27+/m0/s1. The Bertz CT molecular complexity index is 851. The Morgan fingerprint density at radius 1 is 1.03 bits per heavy atom. The smallest absolute Gasteiger partial charge is 0.223 e. The summed E-state index contributed by atoms with van der Waals surface area (Å²) in [5.41, 5.74) is 1.60. The molecule has 0 aromatic heterocycles. The molecule has 2 aromatic rings. The van der Waals surface area contributed by atoms with E-state index in [-0.39, 0.29) is 5.91 Å². The number of carbonyl (C=O) groups excluding carboxylic acids is 1. The monoisotopic (exact) mass is 455 g/mol. The number of rotatable bonds is 14. The molecule has 33 heavy (non-hydrogen) atoms. The average Bonchev–Trinajstić information content (AvgIpc) is 2.81. The van der Waals surface area contributed by atoms with Crippen molar-refractivity contribution in [1.82, 2.24) is 4.90 Å². The van der Waals surface area contributed by atoms with Crippen LogP contribution in [-0.4, -0.2) is 56.4 Å². The summed E-state index contributed by atoms with van der Waals surface area (Å²) < 4.78 is 16.8. The van der Waals surface area contributed by atoms with Crippen molar-refractivity contribution in [2.75, 3.05) is 34.4 Å². The van der Waals surface area contributed by atoms with Crippen LogP contribution in [0.4, 0.5) is 0 Å². The molecule has 6 nitrogen and oxygen atoms in total. The summed E-state index contributed by atoms with van der Waals surface area (Å²) in [4.78, 5) is 13.9. The van der Waals surface area contributed by atoms with Crippen LogP contribution in [0.25, 0.3) is 0 Å². The van der Waals surface area contributed by atoms with Gasteiger partial charge in [-0.05, 0) is 23.3 Å². The summed E-state index contributed by atoms with van der Waals surface area (Å²) >= 11 is 0. The first-order valence-electron chi connectivity index (χ1n) is 11.2. The molecule has 6 heteroatoms. The van der Waals surface area contributed by atoms with Crippen molar-refractivity contribution in [3.63, 3.8) is 0 Å². The lowest BCUT2D eigenvalue weighted by molar-refractivity contribution is -0.131. The van der Waals surface area contributed by atoms with Gasteiger partial charge in [-0.25, -0.2) is 0 Å². The predicted octanol–water partition coefficient (Wildman–Crippen LogP) is 4.22. The highest BCUT2D eigenvalue weighted by molar-refractivity contribution is 5.76. The zero-order valence-corrected chi connectivity index (χ0v) is 20.2. The van der Waals surface area contributed by atoms with Gasteiger partial charge in [0, 0.05) is 39.0 Å². The molecule has 2 aromatic carbocycles. The molecule has 0 fully saturated rings. The van der Waals surface area contributed by atoms with Crippen LogP contribution in [0.2, 0.25) is 0 Å². The molecule has 0 heterocycles. The summed E-state index contributed by atoms with van der Waals surface area (Å²) in [6.45, 7) is 3.72. The Balaban J connectivity index is 1.84. The van der Waals surface area contributed by atoms with Crippen molar-refractivity contribution in [3.8, 4) is 5.75 Å². The van der Waals surface area contributed by atoms with Crippen LogP contribution in [0, 0.1) is 5.41 Å². The van der Waals surface area contributed by atoms with Gasteiger partial charge in [-0.15, -0.1) is 0 Å². The van der Waals surface area contributed by atoms with Gasteiger partial charge in [-0.2, -0.15) is 0 Å². The number of amides is 1. The first-order valence-corrected chi connectivity index (χ1v) is 11.2. The van der Waals surface area contributed by atoms with Gasteiger partial charge in [0.05, 0.1) is 33.0 Å². The van der Waals surface area contributed by atoms with E-state index >= 15 is 0 Å². The Hall–Kier alpha value is -2.67. The molecule has 0 bridgehead atoms. The van der Waals surface area contributed by atoms with Crippen molar-refractivity contribution in [2.24, 2.45) is 5.41 Å². The lowest BCUT2D eigenvalue weighted by Gasteiger charge is -2.27. The Kier molecular flexibility index (Phi) is 11.1. The van der Waals surface area contributed by atoms with E-state index in [1.807, 2.05) is 67.6 Å². The highest BCUT2D eigenvalue weighted by Crippen LogP contribution is 2.26. The normalized spacial score (nSPS) is 14.1. The lowest BCUT2D eigenvalue weighted by Crippen LogP contribution is -2.31. The van der Waals surface area contributed by atoms with E-state index in [9.17, 15) is 9.90 Å². The predicted molar refractivity (Wildman–Crippen MR) is 130 cm³/mol. The number of methoxy groups -OCH3 is 1. The molecule has 0 aliphatic heterocycles. The lowest BCUT2D eigenvalue weighted by atomic mass is 9.86. The van der Waals surface area contributed by atoms with Gasteiger partial charge in [-0.1, -0.05) is 61.5 Å². The van der Waals surface area contributed by atoms with Crippen molar-refractivity contribution in [1.29, 1.82) is 0 Å². The molecule has 180 valence electrons. The molecular formula is C27H37NO5. The number of benzene rings is 2. The van der Waals surface area contributed by atoms with Crippen LogP contribution in [0.1, 0.15) is 30.9 Å². The summed E-state index contributed by atoms with van der Waals surface area (Å²) in [7, 11) is 5.12. The van der Waals surface area contributed by atoms with E-state index < -0.39 is 11.5 Å². The molecule has 2 rings (SSSR count). The largest absolute Gasteiger partial charge is 0.497 e. The van der Waals surface area contributed by atoms with E-state index in [0.717, 1.165) is 16.9 Å². The van der Waals surface area contributed by atoms with Crippen LogP contribution < -0.4 is 4.74 Å². The summed E-state index contributed by atoms with van der Waals surface area (Å²) in [5.74, 6) is 0.825. The minimum absolute atomic E-state index is 0.0165. The van der Waals surface area contributed by atoms with E-state index in [1.165, 1.54) is 0 Å². The van der Waals surface area contributed by atoms with E-state index in [0.29, 0.717) is 39.3 Å². The zero-order chi connectivity index (χ0) is 24.1. The molecule has 0 aliphatic rings. The van der Waals surface area contributed by atoms with Gasteiger partial charge >= 0.3 is 0 Å². The number of aliphatic hydroxyl groups excluding tert-OH is 1. The molecule has 1 N–H and O–H groups in total. The molecule has 1 amide bonds. The third-order valence-corrected chi connectivity index (χ3v) is 5.30. The Morgan fingerprint density at radius 3 is 2.30 bits per heavy atom. The first kappa shape index (κ1) is 26.6. The van der Waals surface area contributed by atoms with E-state index in [1.54, 1.807) is 32.2 Å². The third kappa shape index (κ3) is 10.2. The highest BCUT2D eigenvalue weighted by Gasteiger charge is 2.26. The van der Waals surface area contributed by atoms with E-state index in [4.69, 9.17) is 14.2 Å². The minimum Gasteiger partial charge on any atom is -0.497 e. The first-order chi connectivity index (χ1) is 15.8. The zero-order valence-electron chi connectivity index (χ0n) is 20.2. The van der Waals surface area contributed by atoms with Crippen molar-refractivity contribution in [3.05, 3.63) is 77.9 Å². The second-order valence-corrected chi connectivity index (χ2v) is 8.71. The van der Waals surface area contributed by atoms with Crippen LogP contribution >= 0.6 is 0 Å². The average molecular weight is 456 g/mol. The fourth-order valence-electron chi connectivity index (χ4n) is 3.19. The fraction of sp³-hybridized carbons (Fsp3) is 0.444. The number of ether oxygens (including phenoxy) is 3. The fourth-order valence-corrected chi connectivity index (χ4v) is 3.19. The number of nitrogens with zero attached hydrogens (tertiary/aromatic N) is 1. The number of carbonyl (C=O) groups is 1. The second-order valence-electron chi connectivity index (χ2n) is 8.71. The van der Waals surface area contributed by atoms with Gasteiger partial charge in [0.25, 0.3) is 0 Å². The topological polar surface area (TPSA) is 68.2 Å². The number of hydrogen-bond acceptors (Lipinski definition) is 5. The van der Waals surface area contributed by atoms with Crippen molar-refractivity contribution in [2.45, 2.75) is 39.1 Å². The number of aliphatic hydroxyl groups is 1. The van der Waals surface area contributed by atoms with Crippen LogP contribution in [-0.2, 0) is 27.5 Å². The number of hydrogen-bond donors (Lipinski definition) is 1. The third-order valence-electron chi connectivity index (χ3n) is 5.30. The van der Waals surface area contributed by atoms with Crippen LogP contribution in [0.15, 0.2) is 66.7 Å². The van der Waals surface area contributed by atoms with Gasteiger partial charge < -0.3 is 24.2 Å². The summed E-state index contributed by atoms with van der Waals surface area (Å²) in [6, 6.07) is 17.6. The molecule has 0 aliphatic carbocycles. The summed E-state index contributed by atoms with van der Waals surface area (Å²) in [6.07, 6.45) is 3.74. The van der Waals surface area contributed by atoms with Crippen molar-refractivity contribution >= 4 is 5.91 Å². The quantitative estimate of drug-likeness (QED) is 0.341. The SMILES string of the molecule is COc1ccc(COCC[C@@H](O)C=C[C@@](C)(COCc2ccccc2)CC(=O)N(C)C)cc1. The van der Waals surface area contributed by atoms with Crippen LogP contribution in [0.3, 0.4) is 0 Å². The van der Waals surface area contributed by atoms with Crippen LogP contribution in [0.5, 0.6) is 5.75 Å². The Morgan fingerprint density at radius 2 is 1.67 bits per heavy atom. The molecule has 0 radical (unpaired) electrons. The van der Waals surface area contributed by atoms with E-state index in [2.05, 4.69) is 0 Å². The molecule has 0 saturated heterocycles. The molecule has 2 atom stereocenters. The molecule has 0 spiro atoms. The van der Waals surface area contributed by atoms with Gasteiger partial charge in [-0.3, -0.25) is 4.79 Å². The van der Waals surface area contributed by atoms with Gasteiger partial charge in [0.15, 0.2) is 0 Å². The highest BCUT2D eigenvalue weighted by atomic mass is 16.5.